The zero-order valence-electron chi connectivity index (χ0n) is 21.0. The third kappa shape index (κ3) is 5.30. The SMILES string of the molecule is COCOc1cnc(-c2c(OC)ncnc2C2CC2)nc1Cc1ccc(-c2nc(C(F)(F)F)cn2C)cc1. The van der Waals surface area contributed by atoms with Gasteiger partial charge in [-0.1, -0.05) is 24.3 Å². The molecule has 0 unspecified atom stereocenters. The van der Waals surface area contributed by atoms with Gasteiger partial charge in [-0.15, -0.1) is 0 Å². The maximum absolute atomic E-state index is 13.1. The molecule has 3 aromatic heterocycles. The highest BCUT2D eigenvalue weighted by Gasteiger charge is 2.34. The number of imidazole rings is 1. The molecule has 1 fully saturated rings. The highest BCUT2D eigenvalue weighted by Crippen LogP contribution is 2.45. The summed E-state index contributed by atoms with van der Waals surface area (Å²) in [6.45, 7) is 0.0143. The van der Waals surface area contributed by atoms with E-state index in [-0.39, 0.29) is 12.6 Å². The quantitative estimate of drug-likeness (QED) is 0.287. The monoisotopic (exact) mass is 526 g/mol. The van der Waals surface area contributed by atoms with Crippen LogP contribution in [0.5, 0.6) is 11.6 Å². The van der Waals surface area contributed by atoms with Gasteiger partial charge in [0.2, 0.25) is 5.88 Å². The molecule has 1 aliphatic carbocycles. The average molecular weight is 527 g/mol. The molecule has 0 saturated heterocycles. The second-order valence-electron chi connectivity index (χ2n) is 8.90. The Bertz CT molecular complexity index is 1440. The summed E-state index contributed by atoms with van der Waals surface area (Å²) >= 11 is 0. The summed E-state index contributed by atoms with van der Waals surface area (Å²) in [6, 6.07) is 7.10. The van der Waals surface area contributed by atoms with Crippen LogP contribution in [0.15, 0.2) is 43.0 Å². The molecule has 38 heavy (non-hydrogen) atoms. The summed E-state index contributed by atoms with van der Waals surface area (Å²) in [5.74, 6) is 1.81. The van der Waals surface area contributed by atoms with Gasteiger partial charge in [0.25, 0.3) is 0 Å². The molecule has 0 radical (unpaired) electrons. The van der Waals surface area contributed by atoms with Crippen molar-refractivity contribution in [3.8, 4) is 34.4 Å². The average Bonchev–Trinajstić information content (AvgIpc) is 3.68. The lowest BCUT2D eigenvalue weighted by atomic mass is 10.1. The van der Waals surface area contributed by atoms with Crippen LogP contribution in [-0.2, 0) is 24.4 Å². The maximum atomic E-state index is 13.1. The predicted molar refractivity (Wildman–Crippen MR) is 131 cm³/mol. The smallest absolute Gasteiger partial charge is 0.434 e. The molecule has 9 nitrogen and oxygen atoms in total. The number of hydrogen-bond donors (Lipinski definition) is 0. The number of aromatic nitrogens is 6. The van der Waals surface area contributed by atoms with Gasteiger partial charge in [0.1, 0.15) is 17.7 Å². The normalized spacial score (nSPS) is 13.5. The molecule has 198 valence electrons. The van der Waals surface area contributed by atoms with Gasteiger partial charge < -0.3 is 18.8 Å². The summed E-state index contributed by atoms with van der Waals surface area (Å²) in [5, 5.41) is 0. The summed E-state index contributed by atoms with van der Waals surface area (Å²) in [5.41, 5.74) is 2.60. The van der Waals surface area contributed by atoms with Crippen molar-refractivity contribution in [1.29, 1.82) is 0 Å². The van der Waals surface area contributed by atoms with Crippen LogP contribution >= 0.6 is 0 Å². The van der Waals surface area contributed by atoms with Gasteiger partial charge in [-0.05, 0) is 18.4 Å². The Morgan fingerprint density at radius 1 is 1.03 bits per heavy atom. The van der Waals surface area contributed by atoms with Crippen LogP contribution in [0.1, 0.15) is 41.4 Å². The van der Waals surface area contributed by atoms with E-state index in [4.69, 9.17) is 19.2 Å². The molecule has 0 aliphatic heterocycles. The third-order valence-corrected chi connectivity index (χ3v) is 6.13. The van der Waals surface area contributed by atoms with Gasteiger partial charge in [0.15, 0.2) is 24.1 Å². The Balaban J connectivity index is 1.47. The number of ether oxygens (including phenoxy) is 3. The van der Waals surface area contributed by atoms with Crippen LogP contribution in [0.25, 0.3) is 22.8 Å². The molecule has 0 atom stereocenters. The van der Waals surface area contributed by atoms with E-state index in [1.165, 1.54) is 25.1 Å². The zero-order chi connectivity index (χ0) is 26.9. The van der Waals surface area contributed by atoms with E-state index in [1.54, 1.807) is 25.4 Å². The molecule has 12 heteroatoms. The predicted octanol–water partition coefficient (Wildman–Crippen LogP) is 4.81. The minimum atomic E-state index is -4.51. The van der Waals surface area contributed by atoms with Crippen molar-refractivity contribution < 1.29 is 27.4 Å². The van der Waals surface area contributed by atoms with Crippen molar-refractivity contribution in [2.24, 2.45) is 7.05 Å². The van der Waals surface area contributed by atoms with E-state index >= 15 is 0 Å². The van der Waals surface area contributed by atoms with E-state index < -0.39 is 11.9 Å². The van der Waals surface area contributed by atoms with Crippen LogP contribution in [0.4, 0.5) is 13.2 Å². The summed E-state index contributed by atoms with van der Waals surface area (Å²) in [6.07, 6.45) is 1.96. The minimum Gasteiger partial charge on any atom is -0.480 e. The second-order valence-corrected chi connectivity index (χ2v) is 8.90. The Kier molecular flexibility index (Phi) is 6.98. The molecular weight excluding hydrogens is 501 g/mol. The lowest BCUT2D eigenvalue weighted by Crippen LogP contribution is -2.08. The third-order valence-electron chi connectivity index (χ3n) is 6.13. The lowest BCUT2D eigenvalue weighted by molar-refractivity contribution is -0.140. The molecule has 5 rings (SSSR count). The van der Waals surface area contributed by atoms with Crippen LogP contribution in [-0.4, -0.2) is 50.5 Å². The summed E-state index contributed by atoms with van der Waals surface area (Å²) in [4.78, 5) is 21.8. The minimum absolute atomic E-state index is 0.0143. The first-order valence-corrected chi connectivity index (χ1v) is 11.8. The number of hydrogen-bond acceptors (Lipinski definition) is 8. The highest BCUT2D eigenvalue weighted by molar-refractivity contribution is 5.66. The first-order chi connectivity index (χ1) is 18.3. The number of rotatable bonds is 9. The van der Waals surface area contributed by atoms with E-state index in [2.05, 4.69) is 19.9 Å². The van der Waals surface area contributed by atoms with Gasteiger partial charge in [-0.3, -0.25) is 0 Å². The molecule has 1 aromatic carbocycles. The van der Waals surface area contributed by atoms with Gasteiger partial charge >= 0.3 is 6.18 Å². The van der Waals surface area contributed by atoms with E-state index in [0.717, 1.165) is 30.3 Å². The maximum Gasteiger partial charge on any atom is 0.434 e. The number of nitrogens with zero attached hydrogens (tertiary/aromatic N) is 6. The van der Waals surface area contributed by atoms with Crippen molar-refractivity contribution in [2.75, 3.05) is 21.0 Å². The van der Waals surface area contributed by atoms with Gasteiger partial charge in [0.05, 0.1) is 24.7 Å². The number of alkyl halides is 3. The van der Waals surface area contributed by atoms with Crippen molar-refractivity contribution in [3.63, 3.8) is 0 Å². The lowest BCUT2D eigenvalue weighted by Gasteiger charge is -2.14. The Hall–Kier alpha value is -4.06. The first-order valence-electron chi connectivity index (χ1n) is 11.8. The molecule has 0 amide bonds. The van der Waals surface area contributed by atoms with Gasteiger partial charge in [0, 0.05) is 38.3 Å². The fourth-order valence-electron chi connectivity index (χ4n) is 4.15. The van der Waals surface area contributed by atoms with Crippen LogP contribution < -0.4 is 9.47 Å². The van der Waals surface area contributed by atoms with Crippen molar-refractivity contribution in [3.05, 3.63) is 65.6 Å². The first kappa shape index (κ1) is 25.6. The largest absolute Gasteiger partial charge is 0.480 e. The molecule has 3 heterocycles. The van der Waals surface area contributed by atoms with Crippen molar-refractivity contribution in [2.45, 2.75) is 31.4 Å². The van der Waals surface area contributed by atoms with Gasteiger partial charge in [-0.25, -0.2) is 24.9 Å². The standard InChI is InChI=1S/C26H25F3N6O3/c1-35-12-20(26(27,28)29)34-24(35)17-6-4-15(5-7-17)10-18-19(38-14-36-2)11-30-23(33-18)21-22(16-8-9-16)31-13-32-25(21)37-3/h4-7,11-13,16H,8-10,14H2,1-3H3. The van der Waals surface area contributed by atoms with Crippen LogP contribution in [0, 0.1) is 0 Å². The number of methoxy groups -OCH3 is 2. The van der Waals surface area contributed by atoms with E-state index in [1.807, 2.05) is 12.1 Å². The summed E-state index contributed by atoms with van der Waals surface area (Å²) < 4.78 is 56.9. The second kappa shape index (κ2) is 10.4. The van der Waals surface area contributed by atoms with Crippen LogP contribution in [0.3, 0.4) is 0 Å². The molecule has 4 aromatic rings. The number of halogens is 3. The number of aryl methyl sites for hydroxylation is 1. The topological polar surface area (TPSA) is 97.1 Å². The Morgan fingerprint density at radius 3 is 2.42 bits per heavy atom. The fourth-order valence-corrected chi connectivity index (χ4v) is 4.15. The molecule has 1 saturated carbocycles. The van der Waals surface area contributed by atoms with E-state index in [0.29, 0.717) is 46.6 Å². The molecule has 0 bridgehead atoms. The zero-order valence-corrected chi connectivity index (χ0v) is 21.0. The number of benzene rings is 1. The molecule has 0 spiro atoms. The van der Waals surface area contributed by atoms with Crippen LogP contribution in [0.2, 0.25) is 0 Å². The Labute approximate surface area is 216 Å². The molecule has 1 aliphatic rings. The fraction of sp³-hybridized carbons (Fsp3) is 0.346. The highest BCUT2D eigenvalue weighted by atomic mass is 19.4. The van der Waals surface area contributed by atoms with Gasteiger partial charge in [-0.2, -0.15) is 13.2 Å². The summed E-state index contributed by atoms with van der Waals surface area (Å²) in [7, 11) is 4.59. The molecular formula is C26H25F3N6O3. The van der Waals surface area contributed by atoms with Crippen molar-refractivity contribution in [1.82, 2.24) is 29.5 Å². The van der Waals surface area contributed by atoms with E-state index in [9.17, 15) is 13.2 Å². The Morgan fingerprint density at radius 2 is 1.79 bits per heavy atom. The van der Waals surface area contributed by atoms with Crippen molar-refractivity contribution >= 4 is 0 Å². The molecule has 0 N–H and O–H groups in total.